The summed E-state index contributed by atoms with van der Waals surface area (Å²) >= 11 is 0. The summed E-state index contributed by atoms with van der Waals surface area (Å²) in [5.41, 5.74) is 1.55. The number of ether oxygens (including phenoxy) is 1. The van der Waals surface area contributed by atoms with Crippen LogP contribution >= 0.6 is 0 Å². The molecule has 114 valence electrons. The third-order valence-electron chi connectivity index (χ3n) is 3.08. The van der Waals surface area contributed by atoms with Gasteiger partial charge < -0.3 is 14.7 Å². The van der Waals surface area contributed by atoms with E-state index in [9.17, 15) is 22.8 Å². The molecular weight excluding hydrogens is 291 g/mol. The van der Waals surface area contributed by atoms with Crippen LogP contribution < -0.4 is 0 Å². The number of hydrogen-bond donors (Lipinski definition) is 1. The fourth-order valence-electron chi connectivity index (χ4n) is 2.08. The van der Waals surface area contributed by atoms with Gasteiger partial charge in [-0.1, -0.05) is 6.07 Å². The summed E-state index contributed by atoms with van der Waals surface area (Å²) < 4.78 is 40.2. The lowest BCUT2D eigenvalue weighted by Gasteiger charge is -2.28. The lowest BCUT2D eigenvalue weighted by atomic mass is 9.97. The number of benzene rings is 1. The molecule has 5 nitrogen and oxygen atoms in total. The molecule has 21 heavy (non-hydrogen) atoms. The van der Waals surface area contributed by atoms with E-state index in [1.54, 1.807) is 6.07 Å². The van der Waals surface area contributed by atoms with Crippen molar-refractivity contribution in [3.8, 4) is 0 Å². The highest BCUT2D eigenvalue weighted by molar-refractivity contribution is 5.88. The molecule has 0 spiro atoms. The first kappa shape index (κ1) is 15.1. The maximum absolute atomic E-state index is 12.0. The normalized spacial score (nSPS) is 14.5. The zero-order valence-electron chi connectivity index (χ0n) is 10.8. The Balaban J connectivity index is 2.06. The Morgan fingerprint density at radius 2 is 2.00 bits per heavy atom. The van der Waals surface area contributed by atoms with Crippen molar-refractivity contribution in [2.75, 3.05) is 13.2 Å². The maximum atomic E-state index is 12.0. The van der Waals surface area contributed by atoms with Crippen LogP contribution in [0.25, 0.3) is 0 Å². The summed E-state index contributed by atoms with van der Waals surface area (Å²) in [4.78, 5) is 23.6. The van der Waals surface area contributed by atoms with Crippen LogP contribution in [0.1, 0.15) is 21.5 Å². The van der Waals surface area contributed by atoms with Gasteiger partial charge in [-0.15, -0.1) is 0 Å². The van der Waals surface area contributed by atoms with Gasteiger partial charge in [-0.2, -0.15) is 13.2 Å². The second-order valence-corrected chi connectivity index (χ2v) is 4.63. The predicted molar refractivity (Wildman–Crippen MR) is 64.9 cm³/mol. The molecule has 1 aromatic rings. The van der Waals surface area contributed by atoms with Crippen LogP contribution in [0.3, 0.4) is 0 Å². The minimum absolute atomic E-state index is 0.0349. The molecule has 0 aromatic heterocycles. The molecule has 1 aliphatic heterocycles. The Morgan fingerprint density at radius 3 is 2.62 bits per heavy atom. The van der Waals surface area contributed by atoms with Crippen molar-refractivity contribution in [2.24, 2.45) is 0 Å². The number of aromatic carboxylic acids is 1. The Morgan fingerprint density at radius 1 is 1.29 bits per heavy atom. The molecule has 8 heteroatoms. The quantitative estimate of drug-likeness (QED) is 0.911. The van der Waals surface area contributed by atoms with Gasteiger partial charge >= 0.3 is 18.2 Å². The molecule has 1 N–H and O–H groups in total. The molecule has 2 rings (SSSR count). The van der Waals surface area contributed by atoms with Crippen LogP contribution in [0.4, 0.5) is 18.0 Å². The molecule has 1 aromatic carbocycles. The number of amides is 1. The number of nitrogens with zero attached hydrogens (tertiary/aromatic N) is 1. The predicted octanol–water partition coefficient (Wildman–Crippen LogP) is 2.44. The number of carbonyl (C=O) groups is 2. The molecule has 0 fully saturated rings. The lowest BCUT2D eigenvalue weighted by molar-refractivity contribution is -0.162. The summed E-state index contributed by atoms with van der Waals surface area (Å²) in [6.45, 7) is -1.37. The highest BCUT2D eigenvalue weighted by Gasteiger charge is 2.31. The molecule has 0 radical (unpaired) electrons. The van der Waals surface area contributed by atoms with Crippen LogP contribution in [-0.2, 0) is 17.7 Å². The van der Waals surface area contributed by atoms with Crippen LogP contribution in [-0.4, -0.2) is 41.4 Å². The van der Waals surface area contributed by atoms with Gasteiger partial charge in [0.1, 0.15) is 0 Å². The fourth-order valence-corrected chi connectivity index (χ4v) is 2.08. The average molecular weight is 303 g/mol. The largest absolute Gasteiger partial charge is 0.478 e. The van der Waals surface area contributed by atoms with E-state index in [0.717, 1.165) is 10.5 Å². The van der Waals surface area contributed by atoms with Gasteiger partial charge in [0.15, 0.2) is 6.61 Å². The molecule has 0 unspecified atom stereocenters. The lowest BCUT2D eigenvalue weighted by Crippen LogP contribution is -2.38. The van der Waals surface area contributed by atoms with Gasteiger partial charge in [0.2, 0.25) is 0 Å². The van der Waals surface area contributed by atoms with E-state index in [0.29, 0.717) is 12.0 Å². The third-order valence-corrected chi connectivity index (χ3v) is 3.08. The summed E-state index contributed by atoms with van der Waals surface area (Å²) in [5, 5.41) is 8.91. The van der Waals surface area contributed by atoms with Crippen molar-refractivity contribution < 1.29 is 32.6 Å². The monoisotopic (exact) mass is 303 g/mol. The molecule has 1 aliphatic rings. The molecule has 1 heterocycles. The molecule has 0 saturated carbocycles. The molecule has 0 bridgehead atoms. The minimum Gasteiger partial charge on any atom is -0.478 e. The van der Waals surface area contributed by atoms with Gasteiger partial charge in [0.25, 0.3) is 0 Å². The standard InChI is InChI=1S/C13H12F3NO4/c14-13(15,16)7-21-12(20)17-4-3-8-1-2-9(11(18)19)5-10(8)6-17/h1-2,5H,3-4,6-7H2,(H,18,19). The number of alkyl halides is 3. The van der Waals surface area contributed by atoms with Crippen molar-refractivity contribution in [1.82, 2.24) is 4.90 Å². The Kier molecular flexibility index (Phi) is 4.06. The second-order valence-electron chi connectivity index (χ2n) is 4.63. The summed E-state index contributed by atoms with van der Waals surface area (Å²) in [6.07, 6.45) is -5.19. The van der Waals surface area contributed by atoms with E-state index in [2.05, 4.69) is 4.74 Å². The van der Waals surface area contributed by atoms with Gasteiger partial charge in [0.05, 0.1) is 5.56 Å². The van der Waals surface area contributed by atoms with Crippen molar-refractivity contribution >= 4 is 12.1 Å². The topological polar surface area (TPSA) is 66.8 Å². The summed E-state index contributed by atoms with van der Waals surface area (Å²) in [7, 11) is 0. The molecule has 0 saturated heterocycles. The van der Waals surface area contributed by atoms with Crippen molar-refractivity contribution in [3.63, 3.8) is 0 Å². The molecule has 0 aliphatic carbocycles. The van der Waals surface area contributed by atoms with Crippen molar-refractivity contribution in [1.29, 1.82) is 0 Å². The van der Waals surface area contributed by atoms with E-state index < -0.39 is 24.8 Å². The number of halogens is 3. The number of rotatable bonds is 2. The van der Waals surface area contributed by atoms with E-state index in [1.165, 1.54) is 12.1 Å². The van der Waals surface area contributed by atoms with Crippen molar-refractivity contribution in [2.45, 2.75) is 19.1 Å². The van der Waals surface area contributed by atoms with E-state index in [4.69, 9.17) is 5.11 Å². The van der Waals surface area contributed by atoms with Crippen LogP contribution in [0.15, 0.2) is 18.2 Å². The van der Waals surface area contributed by atoms with Crippen molar-refractivity contribution in [3.05, 3.63) is 34.9 Å². The highest BCUT2D eigenvalue weighted by Crippen LogP contribution is 2.22. The number of hydrogen-bond acceptors (Lipinski definition) is 3. The third kappa shape index (κ3) is 3.87. The summed E-state index contributed by atoms with van der Waals surface area (Å²) in [6, 6.07) is 4.52. The van der Waals surface area contributed by atoms with Gasteiger partial charge in [-0.3, -0.25) is 0 Å². The molecule has 1 amide bonds. The number of carbonyl (C=O) groups excluding carboxylic acids is 1. The first-order valence-electron chi connectivity index (χ1n) is 6.10. The number of carboxylic acid groups (broad SMARTS) is 1. The second kappa shape index (κ2) is 5.63. The first-order valence-corrected chi connectivity index (χ1v) is 6.10. The maximum Gasteiger partial charge on any atom is 0.422 e. The van der Waals surface area contributed by atoms with Crippen LogP contribution in [0.2, 0.25) is 0 Å². The zero-order chi connectivity index (χ0) is 15.6. The van der Waals surface area contributed by atoms with Gasteiger partial charge in [-0.25, -0.2) is 9.59 Å². The first-order chi connectivity index (χ1) is 9.76. The van der Waals surface area contributed by atoms with Gasteiger partial charge in [0, 0.05) is 13.1 Å². The average Bonchev–Trinajstić information content (AvgIpc) is 2.42. The van der Waals surface area contributed by atoms with E-state index in [1.807, 2.05) is 0 Å². The smallest absolute Gasteiger partial charge is 0.422 e. The fraction of sp³-hybridized carbons (Fsp3) is 0.385. The van der Waals surface area contributed by atoms with Crippen LogP contribution in [0.5, 0.6) is 0 Å². The van der Waals surface area contributed by atoms with E-state index in [-0.39, 0.29) is 18.7 Å². The Labute approximate surface area is 117 Å². The Bertz CT molecular complexity index is 571. The summed E-state index contributed by atoms with van der Waals surface area (Å²) in [5.74, 6) is -1.10. The number of fused-ring (bicyclic) bond motifs is 1. The molecule has 0 atom stereocenters. The Hall–Kier alpha value is -2.25. The molecular formula is C13H12F3NO4. The minimum atomic E-state index is -4.57. The number of carboxylic acids is 1. The SMILES string of the molecule is O=C(O)c1ccc2c(c1)CN(C(=O)OCC(F)(F)F)CC2. The zero-order valence-corrected chi connectivity index (χ0v) is 10.8. The highest BCUT2D eigenvalue weighted by atomic mass is 19.4. The van der Waals surface area contributed by atoms with Crippen LogP contribution in [0, 0.1) is 0 Å². The van der Waals surface area contributed by atoms with Gasteiger partial charge in [-0.05, 0) is 29.7 Å². The van der Waals surface area contributed by atoms with E-state index >= 15 is 0 Å².